The molecule has 3 fully saturated rings. The lowest BCUT2D eigenvalue weighted by Gasteiger charge is -2.26. The molecule has 0 bridgehead atoms. The van der Waals surface area contributed by atoms with Gasteiger partial charge < -0.3 is 30.4 Å². The maximum Gasteiger partial charge on any atom is 0.490 e. The number of carbonyl (C=O) groups excluding carboxylic acids is 1. The lowest BCUT2D eigenvalue weighted by atomic mass is 9.86. The predicted octanol–water partition coefficient (Wildman–Crippen LogP) is 5.96. The first-order valence-electron chi connectivity index (χ1n) is 17.0. The van der Waals surface area contributed by atoms with Gasteiger partial charge in [-0.15, -0.1) is 0 Å². The average Bonchev–Trinajstić information content (AvgIpc) is 3.61. The van der Waals surface area contributed by atoms with Crippen molar-refractivity contribution in [1.82, 2.24) is 24.8 Å². The molecule has 1 unspecified atom stereocenters. The number of halogens is 4. The number of aromatic nitrogens is 4. The fourth-order valence-electron chi connectivity index (χ4n) is 7.28. The van der Waals surface area contributed by atoms with E-state index in [1.807, 2.05) is 24.3 Å². The highest BCUT2D eigenvalue weighted by Crippen LogP contribution is 2.48. The van der Waals surface area contributed by atoms with E-state index in [4.69, 9.17) is 20.4 Å². The van der Waals surface area contributed by atoms with Crippen LogP contribution in [0.5, 0.6) is 11.5 Å². The lowest BCUT2D eigenvalue weighted by molar-refractivity contribution is -0.192. The molecule has 4 heterocycles. The van der Waals surface area contributed by atoms with Crippen molar-refractivity contribution in [2.75, 3.05) is 31.1 Å². The van der Waals surface area contributed by atoms with Crippen LogP contribution in [0.15, 0.2) is 71.9 Å². The van der Waals surface area contributed by atoms with Crippen molar-refractivity contribution >= 4 is 28.7 Å². The fraction of sp³-hybridized carbons (Fsp3) is 0.324. The number of aromatic amines is 2. The molecular formula is C37H35F4N7O5. The second-order valence-electron chi connectivity index (χ2n) is 13.8. The molecule has 2 aromatic heterocycles. The van der Waals surface area contributed by atoms with Gasteiger partial charge in [-0.25, -0.2) is 23.9 Å². The Bertz CT molecular complexity index is 2250. The molecule has 2 saturated heterocycles. The Kier molecular flexibility index (Phi) is 9.40. The van der Waals surface area contributed by atoms with Gasteiger partial charge in [0.05, 0.1) is 17.2 Å². The highest BCUT2D eigenvalue weighted by Gasteiger charge is 2.44. The summed E-state index contributed by atoms with van der Waals surface area (Å²) in [7, 11) is 0. The van der Waals surface area contributed by atoms with E-state index in [1.165, 1.54) is 24.0 Å². The zero-order valence-electron chi connectivity index (χ0n) is 28.3. The van der Waals surface area contributed by atoms with Gasteiger partial charge >= 0.3 is 17.8 Å². The summed E-state index contributed by atoms with van der Waals surface area (Å²) in [4.78, 5) is 51.8. The average molecular weight is 734 g/mol. The summed E-state index contributed by atoms with van der Waals surface area (Å²) in [6.45, 7) is 4.48. The number of benzene rings is 3. The summed E-state index contributed by atoms with van der Waals surface area (Å²) in [5, 5.41) is 7.12. The van der Waals surface area contributed by atoms with Crippen molar-refractivity contribution in [3.63, 3.8) is 0 Å². The number of imidazole rings is 1. The van der Waals surface area contributed by atoms with Crippen LogP contribution in [0.2, 0.25) is 0 Å². The molecule has 53 heavy (non-hydrogen) atoms. The third-order valence-electron chi connectivity index (χ3n) is 9.95. The van der Waals surface area contributed by atoms with Crippen molar-refractivity contribution in [2.24, 2.45) is 11.1 Å². The third kappa shape index (κ3) is 7.87. The smallest absolute Gasteiger partial charge is 0.475 e. The number of amides is 1. The number of carboxylic acids is 1. The first-order chi connectivity index (χ1) is 25.3. The molecule has 1 atom stereocenters. The molecule has 3 aromatic carbocycles. The molecule has 1 amide bonds. The zero-order valence-corrected chi connectivity index (χ0v) is 28.3. The van der Waals surface area contributed by atoms with Crippen LogP contribution in [-0.2, 0) is 11.3 Å². The van der Waals surface area contributed by atoms with Gasteiger partial charge in [-0.3, -0.25) is 9.69 Å². The molecule has 1 saturated carbocycles. The molecule has 5 N–H and O–H groups in total. The number of rotatable bonds is 8. The summed E-state index contributed by atoms with van der Waals surface area (Å²) < 4.78 is 52.9. The molecule has 8 rings (SSSR count). The number of carbonyl (C=O) groups is 2. The van der Waals surface area contributed by atoms with Crippen LogP contribution in [0.25, 0.3) is 22.2 Å². The third-order valence-corrected chi connectivity index (χ3v) is 9.95. The van der Waals surface area contributed by atoms with E-state index < -0.39 is 18.1 Å². The number of aliphatic carboxylic acids is 1. The maximum absolute atomic E-state index is 14.7. The van der Waals surface area contributed by atoms with Gasteiger partial charge in [0.25, 0.3) is 0 Å². The van der Waals surface area contributed by atoms with Crippen LogP contribution in [0.4, 0.5) is 23.4 Å². The number of H-pyrrole nitrogens is 2. The van der Waals surface area contributed by atoms with Crippen molar-refractivity contribution in [3.05, 3.63) is 100 Å². The number of fused-ring (bicyclic) bond motifs is 1. The molecule has 2 aliphatic heterocycles. The number of likely N-dealkylation sites (tertiary alicyclic amines) is 1. The maximum atomic E-state index is 14.7. The van der Waals surface area contributed by atoms with Crippen LogP contribution in [-0.4, -0.2) is 74.2 Å². The largest absolute Gasteiger partial charge is 0.490 e. The SMILES string of the molecule is NC(=O)c1ccc(-c2cc(F)ccc2Oc2cncnc2N2CCC3(CCN(Cc4ccc5[nH]c(=O)[nH]c5c4)C3)C2)c(C2CC2)c1.O=C(O)C(F)(F)F. The number of alkyl halides is 3. The van der Waals surface area contributed by atoms with Gasteiger partial charge in [0.2, 0.25) is 5.91 Å². The fourth-order valence-corrected chi connectivity index (χ4v) is 7.28. The number of carboxylic acid groups (broad SMARTS) is 1. The van der Waals surface area contributed by atoms with Gasteiger partial charge in [-0.1, -0.05) is 12.1 Å². The summed E-state index contributed by atoms with van der Waals surface area (Å²) in [5.74, 6) is -1.60. The number of anilines is 1. The second kappa shape index (κ2) is 14.0. The number of nitrogens with one attached hydrogen (secondary N) is 2. The summed E-state index contributed by atoms with van der Waals surface area (Å²) >= 11 is 0. The van der Waals surface area contributed by atoms with Gasteiger partial charge in [0.1, 0.15) is 17.9 Å². The minimum atomic E-state index is -5.08. The molecular weight excluding hydrogens is 698 g/mol. The molecule has 1 spiro atoms. The number of hydrogen-bond acceptors (Lipinski definition) is 8. The van der Waals surface area contributed by atoms with Crippen LogP contribution >= 0.6 is 0 Å². The Morgan fingerprint density at radius 2 is 1.72 bits per heavy atom. The van der Waals surface area contributed by atoms with E-state index >= 15 is 0 Å². The van der Waals surface area contributed by atoms with Crippen LogP contribution in [0, 0.1) is 11.2 Å². The zero-order chi connectivity index (χ0) is 37.5. The van der Waals surface area contributed by atoms with E-state index in [-0.39, 0.29) is 16.9 Å². The quantitative estimate of drug-likeness (QED) is 0.141. The van der Waals surface area contributed by atoms with Crippen LogP contribution in [0.3, 0.4) is 0 Å². The van der Waals surface area contributed by atoms with Gasteiger partial charge in [0.15, 0.2) is 11.6 Å². The Morgan fingerprint density at radius 1 is 0.962 bits per heavy atom. The molecule has 12 nitrogen and oxygen atoms in total. The highest BCUT2D eigenvalue weighted by atomic mass is 19.4. The van der Waals surface area contributed by atoms with Crippen molar-refractivity contribution in [1.29, 1.82) is 0 Å². The van der Waals surface area contributed by atoms with E-state index in [1.54, 1.807) is 18.3 Å². The Balaban J connectivity index is 0.000000568. The second-order valence-corrected chi connectivity index (χ2v) is 13.8. The molecule has 276 valence electrons. The summed E-state index contributed by atoms with van der Waals surface area (Å²) in [5.41, 5.74) is 11.2. The normalized spacial score (nSPS) is 18.7. The minimum absolute atomic E-state index is 0.136. The van der Waals surface area contributed by atoms with Crippen LogP contribution in [0.1, 0.15) is 53.1 Å². The van der Waals surface area contributed by atoms with Gasteiger partial charge in [-0.2, -0.15) is 13.2 Å². The molecule has 3 aliphatic rings. The van der Waals surface area contributed by atoms with Crippen molar-refractivity contribution in [3.8, 4) is 22.6 Å². The van der Waals surface area contributed by atoms with Crippen molar-refractivity contribution in [2.45, 2.75) is 44.3 Å². The number of nitrogens with zero attached hydrogens (tertiary/aromatic N) is 4. The van der Waals surface area contributed by atoms with Gasteiger partial charge in [0, 0.05) is 42.7 Å². The predicted molar refractivity (Wildman–Crippen MR) is 186 cm³/mol. The Hall–Kier alpha value is -5.77. The number of nitrogens with two attached hydrogens (primary N) is 1. The number of hydrogen-bond donors (Lipinski definition) is 4. The Labute approximate surface area is 299 Å². The van der Waals surface area contributed by atoms with E-state index in [0.717, 1.165) is 80.6 Å². The summed E-state index contributed by atoms with van der Waals surface area (Å²) in [6.07, 6.45) is 2.26. The highest BCUT2D eigenvalue weighted by molar-refractivity contribution is 5.94. The first kappa shape index (κ1) is 35.6. The Morgan fingerprint density at radius 3 is 2.45 bits per heavy atom. The topological polar surface area (TPSA) is 171 Å². The molecule has 0 radical (unpaired) electrons. The van der Waals surface area contributed by atoms with E-state index in [2.05, 4.69) is 35.8 Å². The minimum Gasteiger partial charge on any atom is -0.475 e. The number of primary amides is 1. The first-order valence-corrected chi connectivity index (χ1v) is 17.0. The van der Waals surface area contributed by atoms with Gasteiger partial charge in [-0.05, 0) is 97.3 Å². The number of ether oxygens (including phenoxy) is 1. The standard InChI is InChI=1S/C35H34FN7O3.C2HF3O2/c36-24-5-8-30(27(15-24)25-6-4-23(32(37)44)14-26(25)22-2-3-22)46-31-16-38-20-39-33(31)43-12-10-35(19-43)9-11-42(18-35)17-21-1-7-28-29(13-21)41-34(45)40-28;3-2(4,5)1(6)7/h1,4-8,13-16,20,22H,2-3,9-12,17-19H2,(H2,37,44)(H2,40,41,45);(H,6,7). The van der Waals surface area contributed by atoms with Crippen molar-refractivity contribution < 1.29 is 37.0 Å². The molecule has 1 aliphatic carbocycles. The van der Waals surface area contributed by atoms with Crippen LogP contribution < -0.4 is 21.1 Å². The lowest BCUT2D eigenvalue weighted by Crippen LogP contribution is -2.31. The molecule has 16 heteroatoms. The van der Waals surface area contributed by atoms with E-state index in [0.29, 0.717) is 34.4 Å². The monoisotopic (exact) mass is 733 g/mol. The summed E-state index contributed by atoms with van der Waals surface area (Å²) in [6, 6.07) is 15.9. The molecule has 5 aromatic rings. The van der Waals surface area contributed by atoms with E-state index in [9.17, 15) is 27.2 Å².